The van der Waals surface area contributed by atoms with Gasteiger partial charge in [0.25, 0.3) is 0 Å². The van der Waals surface area contributed by atoms with Crippen LogP contribution in [0.2, 0.25) is 0 Å². The van der Waals surface area contributed by atoms with Gasteiger partial charge in [-0.1, -0.05) is 6.92 Å². The molecular weight excluding hydrogens is 242 g/mol. The first-order valence-electron chi connectivity index (χ1n) is 6.31. The van der Waals surface area contributed by atoms with Crippen molar-refractivity contribution in [1.29, 1.82) is 0 Å². The first-order valence-corrected chi connectivity index (χ1v) is 7.70. The summed E-state index contributed by atoms with van der Waals surface area (Å²) in [5.74, 6) is 2.71. The van der Waals surface area contributed by atoms with Crippen LogP contribution in [0.5, 0.6) is 0 Å². The highest BCUT2D eigenvalue weighted by atomic mass is 32.2. The van der Waals surface area contributed by atoms with E-state index in [2.05, 4.69) is 31.6 Å². The van der Waals surface area contributed by atoms with E-state index in [0.29, 0.717) is 12.0 Å². The molecule has 2 aromatic rings. The molecule has 98 valence electrons. The van der Waals surface area contributed by atoms with E-state index in [1.165, 1.54) is 5.82 Å². The third kappa shape index (κ3) is 2.34. The molecule has 0 bridgehead atoms. The lowest BCUT2D eigenvalue weighted by atomic mass is 10.2. The number of nitrogens with two attached hydrogens (primary N) is 1. The van der Waals surface area contributed by atoms with Gasteiger partial charge in [-0.3, -0.25) is 0 Å². The van der Waals surface area contributed by atoms with Gasteiger partial charge < -0.3 is 10.3 Å². The predicted molar refractivity (Wildman–Crippen MR) is 81.3 cm³/mol. The number of aromatic nitrogens is 2. The Hall–Kier alpha value is -1.16. The second kappa shape index (κ2) is 5.22. The minimum atomic E-state index is 0.399. The Balaban J connectivity index is 2.61. The molecule has 1 atom stereocenters. The fraction of sp³-hybridized carbons (Fsp3) is 0.500. The molecule has 18 heavy (non-hydrogen) atoms. The molecule has 0 spiro atoms. The number of hydrogen-bond acceptors (Lipinski definition) is 3. The van der Waals surface area contributed by atoms with Gasteiger partial charge in [-0.25, -0.2) is 4.98 Å². The molecular formula is C14H21N3S. The molecule has 0 saturated heterocycles. The van der Waals surface area contributed by atoms with Crippen molar-refractivity contribution >= 4 is 28.5 Å². The summed E-state index contributed by atoms with van der Waals surface area (Å²) < 4.78 is 2.31. The average molecular weight is 263 g/mol. The van der Waals surface area contributed by atoms with Crippen LogP contribution in [0.15, 0.2) is 18.2 Å². The molecule has 0 saturated carbocycles. The van der Waals surface area contributed by atoms with E-state index in [0.717, 1.165) is 22.5 Å². The van der Waals surface area contributed by atoms with Gasteiger partial charge in [0.15, 0.2) is 0 Å². The molecule has 0 aliphatic carbocycles. The van der Waals surface area contributed by atoms with Crippen molar-refractivity contribution in [2.24, 2.45) is 0 Å². The van der Waals surface area contributed by atoms with Crippen LogP contribution in [0.4, 0.5) is 5.69 Å². The maximum absolute atomic E-state index is 5.89. The van der Waals surface area contributed by atoms with E-state index < -0.39 is 0 Å². The lowest BCUT2D eigenvalue weighted by molar-refractivity contribution is 0.567. The number of anilines is 1. The average Bonchev–Trinajstić information content (AvgIpc) is 2.67. The molecule has 1 unspecified atom stereocenters. The summed E-state index contributed by atoms with van der Waals surface area (Å²) in [6, 6.07) is 6.36. The minimum Gasteiger partial charge on any atom is -0.399 e. The summed E-state index contributed by atoms with van der Waals surface area (Å²) in [7, 11) is 0. The van der Waals surface area contributed by atoms with Crippen LogP contribution in [0.3, 0.4) is 0 Å². The molecule has 0 amide bonds. The number of benzene rings is 1. The molecule has 0 radical (unpaired) electrons. The highest BCUT2D eigenvalue weighted by Gasteiger charge is 2.18. The molecule has 4 heteroatoms. The highest BCUT2D eigenvalue weighted by molar-refractivity contribution is 7.98. The number of thioether (sulfide) groups is 1. The molecule has 0 aliphatic rings. The summed E-state index contributed by atoms with van der Waals surface area (Å²) in [5, 5.41) is 0. The molecule has 1 aromatic heterocycles. The first-order chi connectivity index (χ1) is 8.54. The maximum atomic E-state index is 5.89. The Morgan fingerprint density at radius 1 is 1.33 bits per heavy atom. The van der Waals surface area contributed by atoms with E-state index in [1.807, 2.05) is 30.0 Å². The van der Waals surface area contributed by atoms with Crippen LogP contribution < -0.4 is 5.73 Å². The second-order valence-electron chi connectivity index (χ2n) is 5.04. The van der Waals surface area contributed by atoms with Gasteiger partial charge in [0.05, 0.1) is 11.0 Å². The summed E-state index contributed by atoms with van der Waals surface area (Å²) in [6.45, 7) is 6.62. The van der Waals surface area contributed by atoms with Crippen LogP contribution >= 0.6 is 11.8 Å². The van der Waals surface area contributed by atoms with E-state index in [-0.39, 0.29) is 0 Å². The van der Waals surface area contributed by atoms with Crippen LogP contribution in [0.1, 0.15) is 38.6 Å². The van der Waals surface area contributed by atoms with E-state index in [4.69, 9.17) is 10.7 Å². The first kappa shape index (κ1) is 13.3. The Labute approximate surface area is 113 Å². The Morgan fingerprint density at radius 2 is 2.06 bits per heavy atom. The zero-order chi connectivity index (χ0) is 13.3. The van der Waals surface area contributed by atoms with Crippen molar-refractivity contribution < 1.29 is 0 Å². The van der Waals surface area contributed by atoms with Crippen LogP contribution in [-0.4, -0.2) is 21.6 Å². The topological polar surface area (TPSA) is 43.8 Å². The van der Waals surface area contributed by atoms with Crippen molar-refractivity contribution in [3.63, 3.8) is 0 Å². The predicted octanol–water partition coefficient (Wildman–Crippen LogP) is 3.67. The SMILES string of the molecule is CSCC(C)c1nc2ccc(N)cc2n1C(C)C. The van der Waals surface area contributed by atoms with Crippen molar-refractivity contribution in [3.8, 4) is 0 Å². The summed E-state index contributed by atoms with van der Waals surface area (Å²) in [6.07, 6.45) is 2.14. The smallest absolute Gasteiger partial charge is 0.113 e. The van der Waals surface area contributed by atoms with Gasteiger partial charge in [-0.15, -0.1) is 0 Å². The molecule has 0 fully saturated rings. The number of rotatable bonds is 4. The van der Waals surface area contributed by atoms with Crippen LogP contribution in [0, 0.1) is 0 Å². The lowest BCUT2D eigenvalue weighted by Crippen LogP contribution is -2.10. The van der Waals surface area contributed by atoms with Crippen LogP contribution in [-0.2, 0) is 0 Å². The third-order valence-corrected chi connectivity index (χ3v) is 3.95. The van der Waals surface area contributed by atoms with Crippen molar-refractivity contribution in [2.75, 3.05) is 17.7 Å². The minimum absolute atomic E-state index is 0.399. The monoisotopic (exact) mass is 263 g/mol. The van der Waals surface area contributed by atoms with Crippen LogP contribution in [0.25, 0.3) is 11.0 Å². The Bertz CT molecular complexity index is 545. The van der Waals surface area contributed by atoms with Crippen molar-refractivity contribution in [2.45, 2.75) is 32.7 Å². The normalized spacial score (nSPS) is 13.4. The Kier molecular flexibility index (Phi) is 3.85. The van der Waals surface area contributed by atoms with E-state index in [9.17, 15) is 0 Å². The van der Waals surface area contributed by atoms with Gasteiger partial charge in [-0.2, -0.15) is 11.8 Å². The highest BCUT2D eigenvalue weighted by Crippen LogP contribution is 2.28. The fourth-order valence-corrected chi connectivity index (χ4v) is 2.99. The van der Waals surface area contributed by atoms with Gasteiger partial charge in [0.1, 0.15) is 5.82 Å². The molecule has 1 heterocycles. The zero-order valence-corrected chi connectivity index (χ0v) is 12.3. The van der Waals surface area contributed by atoms with Gasteiger partial charge in [0.2, 0.25) is 0 Å². The summed E-state index contributed by atoms with van der Waals surface area (Å²) in [4.78, 5) is 4.79. The maximum Gasteiger partial charge on any atom is 0.113 e. The molecule has 2 N–H and O–H groups in total. The molecule has 2 rings (SSSR count). The molecule has 1 aromatic carbocycles. The number of nitrogen functional groups attached to an aromatic ring is 1. The molecule has 0 aliphatic heterocycles. The number of fused-ring (bicyclic) bond motifs is 1. The van der Waals surface area contributed by atoms with Gasteiger partial charge in [0, 0.05) is 23.4 Å². The van der Waals surface area contributed by atoms with E-state index in [1.54, 1.807) is 0 Å². The number of imidazole rings is 1. The van der Waals surface area contributed by atoms with E-state index >= 15 is 0 Å². The largest absolute Gasteiger partial charge is 0.399 e. The lowest BCUT2D eigenvalue weighted by Gasteiger charge is -2.17. The van der Waals surface area contributed by atoms with Crippen molar-refractivity contribution in [3.05, 3.63) is 24.0 Å². The summed E-state index contributed by atoms with van der Waals surface area (Å²) in [5.41, 5.74) is 8.88. The Morgan fingerprint density at radius 3 is 2.67 bits per heavy atom. The third-order valence-electron chi connectivity index (χ3n) is 3.11. The summed E-state index contributed by atoms with van der Waals surface area (Å²) >= 11 is 1.86. The number of nitrogens with zero attached hydrogens (tertiary/aromatic N) is 2. The molecule has 3 nitrogen and oxygen atoms in total. The zero-order valence-electron chi connectivity index (χ0n) is 11.5. The van der Waals surface area contributed by atoms with Gasteiger partial charge >= 0.3 is 0 Å². The quantitative estimate of drug-likeness (QED) is 0.856. The van der Waals surface area contributed by atoms with Crippen molar-refractivity contribution in [1.82, 2.24) is 9.55 Å². The van der Waals surface area contributed by atoms with Gasteiger partial charge in [-0.05, 0) is 38.3 Å². The standard InChI is InChI=1S/C14H21N3S/c1-9(2)17-13-7-11(15)5-6-12(13)16-14(17)10(3)8-18-4/h5-7,9-10H,8,15H2,1-4H3. The second-order valence-corrected chi connectivity index (χ2v) is 5.95. The number of hydrogen-bond donors (Lipinski definition) is 1. The fourth-order valence-electron chi connectivity index (χ4n) is 2.34.